The predicted octanol–water partition coefficient (Wildman–Crippen LogP) is 2.46. The van der Waals surface area contributed by atoms with Crippen molar-refractivity contribution in [3.63, 3.8) is 0 Å². The summed E-state index contributed by atoms with van der Waals surface area (Å²) in [4.78, 5) is 0. The van der Waals surface area contributed by atoms with Crippen LogP contribution in [0.4, 0.5) is 5.69 Å². The molecule has 1 aromatic carbocycles. The summed E-state index contributed by atoms with van der Waals surface area (Å²) in [6.45, 7) is 4.05. The molecule has 0 aromatic heterocycles. The van der Waals surface area contributed by atoms with Crippen molar-refractivity contribution in [1.82, 2.24) is 0 Å². The highest BCUT2D eigenvalue weighted by molar-refractivity contribution is 5.79. The summed E-state index contributed by atoms with van der Waals surface area (Å²) in [6, 6.07) is 7.24. The van der Waals surface area contributed by atoms with Gasteiger partial charge in [-0.05, 0) is 12.1 Å². The summed E-state index contributed by atoms with van der Waals surface area (Å²) in [5.74, 6) is 0.616. The molecule has 0 aliphatic carbocycles. The van der Waals surface area contributed by atoms with Crippen LogP contribution in [0.5, 0.6) is 5.75 Å². The molecule has 6 heteroatoms. The Bertz CT molecular complexity index is 437. The van der Waals surface area contributed by atoms with Gasteiger partial charge in [-0.25, -0.2) is 5.01 Å². The highest BCUT2D eigenvalue weighted by Gasteiger charge is 2.34. The van der Waals surface area contributed by atoms with Gasteiger partial charge in [0.1, 0.15) is 17.8 Å². The van der Waals surface area contributed by atoms with Gasteiger partial charge in [0.2, 0.25) is 0 Å². The summed E-state index contributed by atoms with van der Waals surface area (Å²) in [7, 11) is 0. The zero-order valence-corrected chi connectivity index (χ0v) is 10.2. The fourth-order valence-corrected chi connectivity index (χ4v) is 1.71. The Hall–Kier alpha value is -1.95. The Kier molecular flexibility index (Phi) is 3.57. The minimum atomic E-state index is 0.0563. The average Bonchev–Trinajstić information content (AvgIpc) is 2.37. The maximum absolute atomic E-state index is 7.21. The molecule has 1 aliphatic heterocycles. The van der Waals surface area contributed by atoms with E-state index in [-0.39, 0.29) is 5.41 Å². The third-order valence-electron chi connectivity index (χ3n) is 2.82. The van der Waals surface area contributed by atoms with Crippen LogP contribution in [-0.2, 0) is 4.74 Å². The van der Waals surface area contributed by atoms with Crippen molar-refractivity contribution in [3.8, 4) is 5.75 Å². The lowest BCUT2D eigenvalue weighted by Gasteiger charge is -2.37. The number of ether oxygens (including phenoxy) is 2. The molecule has 2 rings (SSSR count). The van der Waals surface area contributed by atoms with Crippen LogP contribution in [0.3, 0.4) is 0 Å². The second-order valence-electron chi connectivity index (χ2n) is 4.63. The smallest absolute Gasteiger partial charge is 0.145 e. The molecule has 0 spiro atoms. The second kappa shape index (κ2) is 5.14. The lowest BCUT2D eigenvalue weighted by molar-refractivity contribution is -0.120. The first-order valence-corrected chi connectivity index (χ1v) is 5.65. The minimum Gasteiger partial charge on any atom is -0.491 e. The SMILES string of the molecule is CC1(COc2ccccc2N(C=N)N=N)COC1. The topological polar surface area (TPSA) is 81.8 Å². The molecule has 1 saturated heterocycles. The molecule has 0 unspecified atom stereocenters. The molecule has 0 bridgehead atoms. The van der Waals surface area contributed by atoms with Crippen molar-refractivity contribution >= 4 is 12.0 Å². The monoisotopic (exact) mass is 248 g/mol. The molecular formula is C12H16N4O2. The summed E-state index contributed by atoms with van der Waals surface area (Å²) >= 11 is 0. The van der Waals surface area contributed by atoms with Gasteiger partial charge in [0, 0.05) is 5.41 Å². The van der Waals surface area contributed by atoms with E-state index in [2.05, 4.69) is 12.1 Å². The molecule has 1 aromatic rings. The highest BCUT2D eigenvalue weighted by Crippen LogP contribution is 2.32. The van der Waals surface area contributed by atoms with Gasteiger partial charge >= 0.3 is 0 Å². The number of benzene rings is 1. The Labute approximate surface area is 105 Å². The number of nitrogens with zero attached hydrogens (tertiary/aromatic N) is 2. The Morgan fingerprint density at radius 3 is 2.78 bits per heavy atom. The molecular weight excluding hydrogens is 232 g/mol. The van der Waals surface area contributed by atoms with E-state index in [0.29, 0.717) is 31.3 Å². The third-order valence-corrected chi connectivity index (χ3v) is 2.82. The van der Waals surface area contributed by atoms with Crippen LogP contribution in [-0.4, -0.2) is 26.2 Å². The molecule has 0 saturated carbocycles. The van der Waals surface area contributed by atoms with Gasteiger partial charge in [-0.15, -0.1) is 0 Å². The minimum absolute atomic E-state index is 0.0563. The summed E-state index contributed by atoms with van der Waals surface area (Å²) in [5, 5.41) is 11.6. The molecule has 1 heterocycles. The molecule has 18 heavy (non-hydrogen) atoms. The molecule has 0 amide bonds. The number of anilines is 1. The maximum atomic E-state index is 7.21. The number of hydrogen-bond donors (Lipinski definition) is 2. The van der Waals surface area contributed by atoms with Gasteiger partial charge in [-0.2, -0.15) is 5.53 Å². The van der Waals surface area contributed by atoms with Gasteiger partial charge < -0.3 is 9.47 Å². The van der Waals surface area contributed by atoms with Crippen molar-refractivity contribution in [3.05, 3.63) is 24.3 Å². The van der Waals surface area contributed by atoms with E-state index < -0.39 is 0 Å². The van der Waals surface area contributed by atoms with Gasteiger partial charge in [-0.1, -0.05) is 24.3 Å². The number of para-hydroxylation sites is 2. The van der Waals surface area contributed by atoms with Crippen LogP contribution in [0, 0.1) is 16.4 Å². The quantitative estimate of drug-likeness (QED) is 0.351. The predicted molar refractivity (Wildman–Crippen MR) is 67.3 cm³/mol. The van der Waals surface area contributed by atoms with Crippen molar-refractivity contribution in [1.29, 1.82) is 10.9 Å². The van der Waals surface area contributed by atoms with Crippen LogP contribution < -0.4 is 9.75 Å². The number of nitrogens with one attached hydrogen (secondary N) is 2. The molecule has 96 valence electrons. The lowest BCUT2D eigenvalue weighted by atomic mass is 9.90. The van der Waals surface area contributed by atoms with Crippen molar-refractivity contribution in [2.45, 2.75) is 6.92 Å². The zero-order valence-electron chi connectivity index (χ0n) is 10.2. The second-order valence-corrected chi connectivity index (χ2v) is 4.63. The first-order valence-electron chi connectivity index (χ1n) is 5.65. The van der Waals surface area contributed by atoms with E-state index >= 15 is 0 Å². The largest absolute Gasteiger partial charge is 0.491 e. The van der Waals surface area contributed by atoms with Gasteiger partial charge in [0.05, 0.1) is 19.8 Å². The Morgan fingerprint density at radius 2 is 2.22 bits per heavy atom. The van der Waals surface area contributed by atoms with E-state index in [1.165, 1.54) is 0 Å². The van der Waals surface area contributed by atoms with Crippen LogP contribution >= 0.6 is 0 Å². The fraction of sp³-hybridized carbons (Fsp3) is 0.417. The highest BCUT2D eigenvalue weighted by atomic mass is 16.5. The molecule has 1 aliphatic rings. The zero-order chi connectivity index (χ0) is 13.0. The van der Waals surface area contributed by atoms with Crippen LogP contribution in [0.2, 0.25) is 0 Å². The molecule has 0 atom stereocenters. The number of hydrogen-bond acceptors (Lipinski definition) is 5. The fourth-order valence-electron chi connectivity index (χ4n) is 1.71. The van der Waals surface area contributed by atoms with E-state index in [0.717, 1.165) is 11.3 Å². The average molecular weight is 248 g/mol. The molecule has 0 radical (unpaired) electrons. The molecule has 2 N–H and O–H groups in total. The maximum Gasteiger partial charge on any atom is 0.145 e. The van der Waals surface area contributed by atoms with Gasteiger partial charge in [-0.3, -0.25) is 5.41 Å². The van der Waals surface area contributed by atoms with E-state index in [9.17, 15) is 0 Å². The van der Waals surface area contributed by atoms with E-state index in [4.69, 9.17) is 20.4 Å². The van der Waals surface area contributed by atoms with Crippen molar-refractivity contribution < 1.29 is 9.47 Å². The molecule has 1 fully saturated rings. The van der Waals surface area contributed by atoms with E-state index in [1.807, 2.05) is 12.1 Å². The first-order chi connectivity index (χ1) is 8.68. The van der Waals surface area contributed by atoms with Crippen molar-refractivity contribution in [2.75, 3.05) is 24.8 Å². The van der Waals surface area contributed by atoms with Crippen LogP contribution in [0.25, 0.3) is 0 Å². The first kappa shape index (κ1) is 12.5. The molecule has 6 nitrogen and oxygen atoms in total. The summed E-state index contributed by atoms with van der Waals surface area (Å²) in [5.41, 5.74) is 7.67. The third kappa shape index (κ3) is 2.48. The van der Waals surface area contributed by atoms with Gasteiger partial charge in [0.15, 0.2) is 0 Å². The lowest BCUT2D eigenvalue weighted by Crippen LogP contribution is -2.44. The summed E-state index contributed by atoms with van der Waals surface area (Å²) in [6.07, 6.45) is 0.976. The van der Waals surface area contributed by atoms with Crippen LogP contribution in [0.1, 0.15) is 6.92 Å². The van der Waals surface area contributed by atoms with Gasteiger partial charge in [0.25, 0.3) is 0 Å². The number of rotatable bonds is 6. The summed E-state index contributed by atoms with van der Waals surface area (Å²) < 4.78 is 10.9. The Balaban J connectivity index is 2.11. The standard InChI is InChI=1S/C12H16N4O2/c1-12(6-17-7-12)8-18-11-5-3-2-4-10(11)16(9-13)15-14/h2-5,9,13-14H,6-8H2,1H3. The Morgan fingerprint density at radius 1 is 1.50 bits per heavy atom. The van der Waals surface area contributed by atoms with Crippen LogP contribution in [0.15, 0.2) is 29.5 Å². The normalized spacial score (nSPS) is 16.5. The van der Waals surface area contributed by atoms with E-state index in [1.54, 1.807) is 12.1 Å². The van der Waals surface area contributed by atoms with Crippen molar-refractivity contribution in [2.24, 2.45) is 10.6 Å².